The van der Waals surface area contributed by atoms with Gasteiger partial charge in [0.25, 0.3) is 0 Å². The molecule has 0 N–H and O–H groups in total. The van der Waals surface area contributed by atoms with Crippen LogP contribution in [0, 0.1) is 13.8 Å². The van der Waals surface area contributed by atoms with Crippen LogP contribution in [0.3, 0.4) is 0 Å². The Hall–Kier alpha value is -3.48. The molecule has 1 saturated heterocycles. The van der Waals surface area contributed by atoms with E-state index in [1.54, 1.807) is 50.5 Å². The minimum absolute atomic E-state index is 0.0853. The first kappa shape index (κ1) is 23.7. The third-order valence-electron chi connectivity index (χ3n) is 6.62. The number of hydrogen-bond donors (Lipinski definition) is 0. The summed E-state index contributed by atoms with van der Waals surface area (Å²) in [6.45, 7) is 5.02. The van der Waals surface area contributed by atoms with Gasteiger partial charge in [-0.15, -0.1) is 0 Å². The van der Waals surface area contributed by atoms with E-state index in [0.29, 0.717) is 60.9 Å². The number of carbonyl (C=O) groups excluding carboxylic acids is 2. The van der Waals surface area contributed by atoms with Crippen LogP contribution in [0.15, 0.2) is 30.3 Å². The Kier molecular flexibility index (Phi) is 6.55. The molecule has 2 aromatic carbocycles. The van der Waals surface area contributed by atoms with Crippen LogP contribution in [0.2, 0.25) is 0 Å². The zero-order valence-electron chi connectivity index (χ0n) is 20.4. The lowest BCUT2D eigenvalue weighted by Gasteiger charge is -2.44. The molecule has 0 saturated carbocycles. The molecule has 2 aliphatic rings. The second-order valence-electron chi connectivity index (χ2n) is 8.96. The van der Waals surface area contributed by atoms with Gasteiger partial charge in [-0.25, -0.2) is 0 Å². The largest absolute Gasteiger partial charge is 0.493 e. The molecule has 4 rings (SSSR count). The van der Waals surface area contributed by atoms with Crippen LogP contribution in [0.4, 0.5) is 0 Å². The Morgan fingerprint density at radius 1 is 1.00 bits per heavy atom. The van der Waals surface area contributed by atoms with Gasteiger partial charge in [0.1, 0.15) is 11.4 Å². The fourth-order valence-corrected chi connectivity index (χ4v) is 4.90. The van der Waals surface area contributed by atoms with Crippen LogP contribution in [-0.2, 0) is 4.79 Å². The van der Waals surface area contributed by atoms with E-state index < -0.39 is 5.60 Å². The number of piperidine rings is 1. The highest BCUT2D eigenvalue weighted by Gasteiger charge is 2.44. The molecule has 1 fully saturated rings. The average molecular weight is 466 g/mol. The summed E-state index contributed by atoms with van der Waals surface area (Å²) in [4.78, 5) is 27.6. The molecule has 7 heteroatoms. The first-order valence-electron chi connectivity index (χ1n) is 11.4. The summed E-state index contributed by atoms with van der Waals surface area (Å²) in [6, 6.07) is 7.54. The summed E-state index contributed by atoms with van der Waals surface area (Å²) in [5, 5.41) is 0. The third kappa shape index (κ3) is 4.47. The summed E-state index contributed by atoms with van der Waals surface area (Å²) in [6.07, 6.45) is 4.88. The van der Waals surface area contributed by atoms with Crippen LogP contribution in [0.25, 0.3) is 6.08 Å². The van der Waals surface area contributed by atoms with Gasteiger partial charge < -0.3 is 23.8 Å². The lowest BCUT2D eigenvalue weighted by atomic mass is 9.81. The van der Waals surface area contributed by atoms with Gasteiger partial charge in [0.2, 0.25) is 11.7 Å². The summed E-state index contributed by atoms with van der Waals surface area (Å²) >= 11 is 0. The standard InChI is InChI=1S/C27H31NO6/c1-17-12-18(2)25-20(29)16-27(34-21(25)13-17)8-10-28(11-9-27)24(30)7-6-19-14-22(31-3)26(33-5)23(15-19)32-4/h6-7,12-15H,8-11,16H2,1-5H3/b7-6+. The number of ether oxygens (including phenoxy) is 4. The fourth-order valence-electron chi connectivity index (χ4n) is 4.90. The number of fused-ring (bicyclic) bond motifs is 1. The molecule has 0 radical (unpaired) electrons. The van der Waals surface area contributed by atoms with Crippen LogP contribution in [0.5, 0.6) is 23.0 Å². The Bertz CT molecular complexity index is 1120. The van der Waals surface area contributed by atoms with E-state index in [-0.39, 0.29) is 11.7 Å². The number of hydrogen-bond acceptors (Lipinski definition) is 6. The minimum Gasteiger partial charge on any atom is -0.493 e. The van der Waals surface area contributed by atoms with Gasteiger partial charge >= 0.3 is 0 Å². The van der Waals surface area contributed by atoms with Crippen molar-refractivity contribution in [1.29, 1.82) is 0 Å². The number of rotatable bonds is 5. The van der Waals surface area contributed by atoms with E-state index >= 15 is 0 Å². The molecule has 2 aliphatic heterocycles. The number of benzene rings is 2. The minimum atomic E-state index is -0.540. The molecule has 7 nitrogen and oxygen atoms in total. The van der Waals surface area contributed by atoms with E-state index in [4.69, 9.17) is 18.9 Å². The highest BCUT2D eigenvalue weighted by molar-refractivity contribution is 6.02. The Morgan fingerprint density at radius 2 is 1.65 bits per heavy atom. The number of amides is 1. The molecule has 0 unspecified atom stereocenters. The highest BCUT2D eigenvalue weighted by atomic mass is 16.5. The van der Waals surface area contributed by atoms with Gasteiger partial charge in [0.05, 0.1) is 33.3 Å². The van der Waals surface area contributed by atoms with Gasteiger partial charge in [-0.1, -0.05) is 6.07 Å². The van der Waals surface area contributed by atoms with Gasteiger partial charge in [0.15, 0.2) is 17.3 Å². The van der Waals surface area contributed by atoms with Crippen molar-refractivity contribution in [3.63, 3.8) is 0 Å². The van der Waals surface area contributed by atoms with Crippen molar-refractivity contribution in [2.24, 2.45) is 0 Å². The van der Waals surface area contributed by atoms with Crippen molar-refractivity contribution in [3.05, 3.63) is 52.6 Å². The second kappa shape index (κ2) is 9.41. The zero-order chi connectivity index (χ0) is 24.5. The smallest absolute Gasteiger partial charge is 0.246 e. The predicted octanol–water partition coefficient (Wildman–Crippen LogP) is 4.37. The molecular weight excluding hydrogens is 434 g/mol. The molecule has 2 aromatic rings. The summed E-state index contributed by atoms with van der Waals surface area (Å²) in [5.41, 5.74) is 2.95. The number of ketones is 1. The Morgan fingerprint density at radius 3 is 2.24 bits per heavy atom. The van der Waals surface area contributed by atoms with E-state index in [1.165, 1.54) is 0 Å². The molecule has 0 aliphatic carbocycles. The number of carbonyl (C=O) groups is 2. The van der Waals surface area contributed by atoms with E-state index in [9.17, 15) is 9.59 Å². The van der Waals surface area contributed by atoms with Crippen molar-refractivity contribution in [2.45, 2.75) is 38.7 Å². The van der Waals surface area contributed by atoms with Crippen molar-refractivity contribution in [3.8, 4) is 23.0 Å². The normalized spacial score (nSPS) is 16.9. The van der Waals surface area contributed by atoms with E-state index in [1.807, 2.05) is 26.0 Å². The number of Topliss-reactive ketones (excluding diaryl/α,β-unsaturated/α-hetero) is 1. The third-order valence-corrected chi connectivity index (χ3v) is 6.62. The molecule has 0 bridgehead atoms. The average Bonchev–Trinajstić information content (AvgIpc) is 2.81. The van der Waals surface area contributed by atoms with Gasteiger partial charge in [-0.3, -0.25) is 9.59 Å². The Labute approximate surface area is 200 Å². The van der Waals surface area contributed by atoms with Gasteiger partial charge in [-0.05, 0) is 54.8 Å². The van der Waals surface area contributed by atoms with Crippen molar-refractivity contribution in [2.75, 3.05) is 34.4 Å². The number of methoxy groups -OCH3 is 3. The maximum Gasteiger partial charge on any atom is 0.246 e. The van der Waals surface area contributed by atoms with Crippen LogP contribution < -0.4 is 18.9 Å². The summed E-state index contributed by atoms with van der Waals surface area (Å²) in [5.74, 6) is 2.27. The van der Waals surface area contributed by atoms with Gasteiger partial charge in [0, 0.05) is 32.0 Å². The quantitative estimate of drug-likeness (QED) is 0.611. The molecule has 34 heavy (non-hydrogen) atoms. The monoisotopic (exact) mass is 465 g/mol. The number of aryl methyl sites for hydroxylation is 2. The number of nitrogens with zero attached hydrogens (tertiary/aromatic N) is 1. The van der Waals surface area contributed by atoms with Crippen LogP contribution >= 0.6 is 0 Å². The maximum absolute atomic E-state index is 12.9. The van der Waals surface area contributed by atoms with Crippen molar-refractivity contribution >= 4 is 17.8 Å². The fraction of sp³-hybridized carbons (Fsp3) is 0.407. The lowest BCUT2D eigenvalue weighted by molar-refractivity contribution is -0.129. The highest BCUT2D eigenvalue weighted by Crippen LogP contribution is 2.41. The molecule has 0 atom stereocenters. The molecular formula is C27H31NO6. The Balaban J connectivity index is 1.44. The summed E-state index contributed by atoms with van der Waals surface area (Å²) in [7, 11) is 4.66. The van der Waals surface area contributed by atoms with Crippen LogP contribution in [0.1, 0.15) is 46.3 Å². The predicted molar refractivity (Wildman–Crippen MR) is 129 cm³/mol. The molecule has 1 spiro atoms. The first-order valence-corrected chi connectivity index (χ1v) is 11.4. The lowest BCUT2D eigenvalue weighted by Crippen LogP contribution is -2.52. The first-order chi connectivity index (χ1) is 16.3. The van der Waals surface area contributed by atoms with E-state index in [2.05, 4.69) is 0 Å². The zero-order valence-corrected chi connectivity index (χ0v) is 20.4. The van der Waals surface area contributed by atoms with Crippen molar-refractivity contribution < 1.29 is 28.5 Å². The molecule has 180 valence electrons. The summed E-state index contributed by atoms with van der Waals surface area (Å²) < 4.78 is 22.5. The maximum atomic E-state index is 12.9. The SMILES string of the molecule is COc1cc(/C=C/C(=O)N2CCC3(CC2)CC(=O)c2c(C)cc(C)cc2O3)cc(OC)c1OC. The van der Waals surface area contributed by atoms with Crippen molar-refractivity contribution in [1.82, 2.24) is 4.90 Å². The van der Waals surface area contributed by atoms with Crippen LogP contribution in [-0.4, -0.2) is 56.6 Å². The second-order valence-corrected chi connectivity index (χ2v) is 8.96. The van der Waals surface area contributed by atoms with E-state index in [0.717, 1.165) is 16.7 Å². The van der Waals surface area contributed by atoms with Gasteiger partial charge in [-0.2, -0.15) is 0 Å². The number of likely N-dealkylation sites (tertiary alicyclic amines) is 1. The molecule has 1 amide bonds. The molecule has 0 aromatic heterocycles. The molecule has 2 heterocycles. The topological polar surface area (TPSA) is 74.3 Å².